The second kappa shape index (κ2) is 6.10. The number of carbonyl (C=O) groups is 1. The molecule has 0 aromatic heterocycles. The maximum atomic E-state index is 12.9. The van der Waals surface area contributed by atoms with Crippen LogP contribution in [0.25, 0.3) is 0 Å². The summed E-state index contributed by atoms with van der Waals surface area (Å²) in [6.07, 6.45) is 0.897. The zero-order valence-corrected chi connectivity index (χ0v) is 12.2. The average molecular weight is 281 g/mol. The summed E-state index contributed by atoms with van der Waals surface area (Å²) >= 11 is 0. The van der Waals surface area contributed by atoms with Crippen LogP contribution >= 0.6 is 0 Å². The summed E-state index contributed by atoms with van der Waals surface area (Å²) in [7, 11) is 0. The van der Waals surface area contributed by atoms with E-state index in [4.69, 9.17) is 4.74 Å². The van der Waals surface area contributed by atoms with Crippen LogP contribution in [0, 0.1) is 0 Å². The molecule has 1 aliphatic rings. The molecule has 108 valence electrons. The Morgan fingerprint density at radius 3 is 2.81 bits per heavy atom. The van der Waals surface area contributed by atoms with Crippen LogP contribution < -0.4 is 10.1 Å². The second-order valence-corrected chi connectivity index (χ2v) is 5.13. The lowest BCUT2D eigenvalue weighted by Gasteiger charge is -2.20. The molecule has 2 aromatic rings. The number of nitrogens with one attached hydrogen (secondary N) is 1. The minimum Gasteiger partial charge on any atom is -0.493 e. The van der Waals surface area contributed by atoms with Crippen LogP contribution in [0.5, 0.6) is 5.75 Å². The van der Waals surface area contributed by atoms with Gasteiger partial charge in [-0.3, -0.25) is 4.79 Å². The minimum atomic E-state index is 0.0535. The maximum absolute atomic E-state index is 12.9. The smallest absolute Gasteiger partial charge is 0.197 e. The van der Waals surface area contributed by atoms with Crippen LogP contribution in [0.2, 0.25) is 0 Å². The van der Waals surface area contributed by atoms with Gasteiger partial charge in [-0.05, 0) is 43.1 Å². The maximum Gasteiger partial charge on any atom is 0.197 e. The van der Waals surface area contributed by atoms with Gasteiger partial charge in [0.2, 0.25) is 0 Å². The van der Waals surface area contributed by atoms with Gasteiger partial charge in [-0.25, -0.2) is 0 Å². The molecular formula is C18H19NO2. The molecule has 0 radical (unpaired) electrons. The van der Waals surface area contributed by atoms with Crippen molar-refractivity contribution in [2.24, 2.45) is 0 Å². The lowest BCUT2D eigenvalue weighted by molar-refractivity contribution is 0.103. The molecule has 0 aliphatic carbocycles. The van der Waals surface area contributed by atoms with Gasteiger partial charge >= 0.3 is 0 Å². The minimum absolute atomic E-state index is 0.0535. The van der Waals surface area contributed by atoms with Crippen molar-refractivity contribution >= 4 is 5.78 Å². The molecule has 0 atom stereocenters. The molecule has 2 aromatic carbocycles. The zero-order chi connectivity index (χ0) is 14.7. The predicted molar refractivity (Wildman–Crippen MR) is 82.9 cm³/mol. The van der Waals surface area contributed by atoms with Crippen LogP contribution in [0.4, 0.5) is 0 Å². The van der Waals surface area contributed by atoms with E-state index in [0.717, 1.165) is 25.1 Å². The highest BCUT2D eigenvalue weighted by Gasteiger charge is 2.20. The molecule has 0 fully saturated rings. The Hall–Kier alpha value is -2.13. The lowest BCUT2D eigenvalue weighted by atomic mass is 9.91. The van der Waals surface area contributed by atoms with Crippen LogP contribution in [0.1, 0.15) is 34.0 Å². The Bertz CT molecular complexity index is 664. The van der Waals surface area contributed by atoms with E-state index < -0.39 is 0 Å². The third-order valence-corrected chi connectivity index (χ3v) is 3.82. The highest BCUT2D eigenvalue weighted by molar-refractivity contribution is 6.11. The number of benzene rings is 2. The van der Waals surface area contributed by atoms with E-state index in [1.807, 2.05) is 43.3 Å². The van der Waals surface area contributed by atoms with Gasteiger partial charge in [-0.2, -0.15) is 0 Å². The van der Waals surface area contributed by atoms with Crippen LogP contribution in [-0.2, 0) is 13.0 Å². The Labute approximate surface area is 124 Å². The Morgan fingerprint density at radius 1 is 1.14 bits per heavy atom. The molecule has 0 unspecified atom stereocenters. The number of fused-ring (bicyclic) bond motifs is 1. The standard InChI is InChI=1S/C18H19NO2/c1-2-21-17-9-4-3-7-16(17)18(20)15-8-5-6-13-12-19-11-10-14(13)15/h3-9,19H,2,10-12H2,1H3. The van der Waals surface area contributed by atoms with E-state index in [9.17, 15) is 4.79 Å². The van der Waals surface area contributed by atoms with Crippen molar-refractivity contribution in [3.05, 3.63) is 64.7 Å². The number of ether oxygens (including phenoxy) is 1. The number of ketones is 1. The van der Waals surface area contributed by atoms with Gasteiger partial charge < -0.3 is 10.1 Å². The summed E-state index contributed by atoms with van der Waals surface area (Å²) in [5.74, 6) is 0.717. The normalized spacial score (nSPS) is 13.6. The van der Waals surface area contributed by atoms with Crippen molar-refractivity contribution in [2.45, 2.75) is 19.9 Å². The first-order valence-electron chi connectivity index (χ1n) is 7.39. The van der Waals surface area contributed by atoms with E-state index in [-0.39, 0.29) is 5.78 Å². The fourth-order valence-electron chi connectivity index (χ4n) is 2.83. The molecule has 0 saturated heterocycles. The van der Waals surface area contributed by atoms with Gasteiger partial charge in [0.1, 0.15) is 5.75 Å². The van der Waals surface area contributed by atoms with Gasteiger partial charge in [0, 0.05) is 12.1 Å². The van der Waals surface area contributed by atoms with Crippen LogP contribution in [0.3, 0.4) is 0 Å². The van der Waals surface area contributed by atoms with Gasteiger partial charge in [0.05, 0.1) is 12.2 Å². The third-order valence-electron chi connectivity index (χ3n) is 3.82. The Morgan fingerprint density at radius 2 is 1.95 bits per heavy atom. The predicted octanol–water partition coefficient (Wildman–Crippen LogP) is 2.96. The lowest BCUT2D eigenvalue weighted by Crippen LogP contribution is -2.25. The monoisotopic (exact) mass is 281 g/mol. The molecule has 3 nitrogen and oxygen atoms in total. The van der Waals surface area contributed by atoms with Crippen molar-refractivity contribution in [1.82, 2.24) is 5.32 Å². The molecule has 3 heteroatoms. The summed E-state index contributed by atoms with van der Waals surface area (Å²) in [6.45, 7) is 4.24. The van der Waals surface area contributed by atoms with Crippen molar-refractivity contribution in [2.75, 3.05) is 13.2 Å². The summed E-state index contributed by atoms with van der Waals surface area (Å²) < 4.78 is 5.59. The van der Waals surface area contributed by atoms with Gasteiger partial charge in [-0.1, -0.05) is 30.3 Å². The molecule has 0 saturated carbocycles. The third kappa shape index (κ3) is 2.69. The number of rotatable bonds is 4. The second-order valence-electron chi connectivity index (χ2n) is 5.13. The van der Waals surface area contributed by atoms with E-state index in [0.29, 0.717) is 17.9 Å². The van der Waals surface area contributed by atoms with E-state index in [1.54, 1.807) is 0 Å². The average Bonchev–Trinajstić information content (AvgIpc) is 2.54. The first-order chi connectivity index (χ1) is 10.3. The zero-order valence-electron chi connectivity index (χ0n) is 12.2. The highest BCUT2D eigenvalue weighted by Crippen LogP contribution is 2.26. The molecule has 0 spiro atoms. The Balaban J connectivity index is 2.03. The van der Waals surface area contributed by atoms with E-state index >= 15 is 0 Å². The topological polar surface area (TPSA) is 38.3 Å². The fraction of sp³-hybridized carbons (Fsp3) is 0.278. The van der Waals surface area contributed by atoms with Gasteiger partial charge in [-0.15, -0.1) is 0 Å². The van der Waals surface area contributed by atoms with Gasteiger partial charge in [0.15, 0.2) is 5.78 Å². The molecule has 3 rings (SSSR count). The number of hydrogen-bond acceptors (Lipinski definition) is 3. The molecule has 1 heterocycles. The van der Waals surface area contributed by atoms with Crippen molar-refractivity contribution in [3.63, 3.8) is 0 Å². The molecule has 21 heavy (non-hydrogen) atoms. The van der Waals surface area contributed by atoms with Crippen LogP contribution in [0.15, 0.2) is 42.5 Å². The fourth-order valence-corrected chi connectivity index (χ4v) is 2.83. The van der Waals surface area contributed by atoms with Crippen molar-refractivity contribution < 1.29 is 9.53 Å². The number of hydrogen-bond donors (Lipinski definition) is 1. The first kappa shape index (κ1) is 13.8. The van der Waals surface area contributed by atoms with Gasteiger partial charge in [0.25, 0.3) is 0 Å². The van der Waals surface area contributed by atoms with Crippen molar-refractivity contribution in [3.8, 4) is 5.75 Å². The molecule has 0 bridgehead atoms. The summed E-state index contributed by atoms with van der Waals surface area (Å²) in [5.41, 5.74) is 3.85. The summed E-state index contributed by atoms with van der Waals surface area (Å²) in [4.78, 5) is 12.9. The first-order valence-corrected chi connectivity index (χ1v) is 7.39. The SMILES string of the molecule is CCOc1ccccc1C(=O)c1cccc2c1CCNC2. The summed E-state index contributed by atoms with van der Waals surface area (Å²) in [5, 5.41) is 3.34. The van der Waals surface area contributed by atoms with Crippen molar-refractivity contribution in [1.29, 1.82) is 0 Å². The molecule has 1 N–H and O–H groups in total. The van der Waals surface area contributed by atoms with Crippen LogP contribution in [-0.4, -0.2) is 18.9 Å². The summed E-state index contributed by atoms with van der Waals surface area (Å²) in [6, 6.07) is 13.4. The highest BCUT2D eigenvalue weighted by atomic mass is 16.5. The molecular weight excluding hydrogens is 262 g/mol. The Kier molecular flexibility index (Phi) is 4.02. The number of para-hydroxylation sites is 1. The molecule has 1 aliphatic heterocycles. The molecule has 0 amide bonds. The van der Waals surface area contributed by atoms with E-state index in [2.05, 4.69) is 11.4 Å². The quantitative estimate of drug-likeness (QED) is 0.876. The number of carbonyl (C=O) groups excluding carboxylic acids is 1. The largest absolute Gasteiger partial charge is 0.493 e. The van der Waals surface area contributed by atoms with E-state index in [1.165, 1.54) is 11.1 Å².